The van der Waals surface area contributed by atoms with Crippen LogP contribution in [0.1, 0.15) is 13.3 Å². The third-order valence-corrected chi connectivity index (χ3v) is 5.38. The van der Waals surface area contributed by atoms with Gasteiger partial charge in [-0.1, -0.05) is 18.5 Å². The van der Waals surface area contributed by atoms with Crippen LogP contribution in [0.2, 0.25) is 5.02 Å². The van der Waals surface area contributed by atoms with Gasteiger partial charge >= 0.3 is 0 Å². The van der Waals surface area contributed by atoms with Gasteiger partial charge in [-0.3, -0.25) is 9.10 Å². The lowest BCUT2D eigenvalue weighted by molar-refractivity contribution is -0.117. The highest BCUT2D eigenvalue weighted by Crippen LogP contribution is 2.32. The Bertz CT molecular complexity index is 986. The normalized spacial score (nSPS) is 12.4. The zero-order chi connectivity index (χ0) is 21.1. The number of amides is 1. The highest BCUT2D eigenvalue weighted by Gasteiger charge is 2.32. The lowest BCUT2D eigenvalue weighted by Gasteiger charge is -2.30. The van der Waals surface area contributed by atoms with E-state index in [1.165, 1.54) is 25.3 Å². The van der Waals surface area contributed by atoms with Crippen LogP contribution in [0.5, 0.6) is 5.75 Å². The summed E-state index contributed by atoms with van der Waals surface area (Å²) < 4.78 is 57.7. The van der Waals surface area contributed by atoms with Crippen LogP contribution >= 0.6 is 11.6 Å². The maximum absolute atomic E-state index is 13.9. The molecular formula is C18H19ClF2N2O4S. The van der Waals surface area contributed by atoms with E-state index in [1.807, 2.05) is 0 Å². The lowest BCUT2D eigenvalue weighted by atomic mass is 10.1. The van der Waals surface area contributed by atoms with Crippen molar-refractivity contribution in [2.75, 3.05) is 23.0 Å². The van der Waals surface area contributed by atoms with E-state index in [9.17, 15) is 22.0 Å². The largest absolute Gasteiger partial charge is 0.495 e. The molecule has 0 aliphatic heterocycles. The topological polar surface area (TPSA) is 75.7 Å². The summed E-state index contributed by atoms with van der Waals surface area (Å²) in [5, 5.41) is 2.46. The molecule has 28 heavy (non-hydrogen) atoms. The van der Waals surface area contributed by atoms with Gasteiger partial charge in [-0.2, -0.15) is 0 Å². The van der Waals surface area contributed by atoms with Crippen molar-refractivity contribution in [2.45, 2.75) is 19.4 Å². The van der Waals surface area contributed by atoms with E-state index in [0.29, 0.717) is 11.8 Å². The molecule has 0 fully saturated rings. The molecule has 2 aromatic rings. The van der Waals surface area contributed by atoms with Gasteiger partial charge in [-0.15, -0.1) is 0 Å². The number of hydrogen-bond acceptors (Lipinski definition) is 4. The molecule has 0 unspecified atom stereocenters. The van der Waals surface area contributed by atoms with E-state index in [4.69, 9.17) is 16.3 Å². The van der Waals surface area contributed by atoms with Gasteiger partial charge in [-0.25, -0.2) is 17.2 Å². The van der Waals surface area contributed by atoms with Crippen molar-refractivity contribution in [3.63, 3.8) is 0 Å². The predicted molar refractivity (Wildman–Crippen MR) is 104 cm³/mol. The molecule has 2 rings (SSSR count). The molecule has 0 aliphatic carbocycles. The number of hydrogen-bond donors (Lipinski definition) is 1. The van der Waals surface area contributed by atoms with Crippen molar-refractivity contribution < 1.29 is 26.7 Å². The van der Waals surface area contributed by atoms with Crippen LogP contribution in [0.25, 0.3) is 0 Å². The number of nitrogens with one attached hydrogen (secondary N) is 1. The number of methoxy groups -OCH3 is 1. The molecule has 6 nitrogen and oxygen atoms in total. The molecule has 0 heterocycles. The molecule has 0 aromatic heterocycles. The number of ether oxygens (including phenoxy) is 1. The van der Waals surface area contributed by atoms with Crippen LogP contribution < -0.4 is 14.4 Å². The third-order valence-electron chi connectivity index (χ3n) is 3.91. The van der Waals surface area contributed by atoms with Crippen molar-refractivity contribution in [1.82, 2.24) is 0 Å². The minimum atomic E-state index is -3.90. The van der Waals surface area contributed by atoms with E-state index < -0.39 is 33.6 Å². The molecule has 1 amide bonds. The Kier molecular flexibility index (Phi) is 6.84. The van der Waals surface area contributed by atoms with Gasteiger partial charge in [0.2, 0.25) is 15.9 Å². The van der Waals surface area contributed by atoms with Crippen molar-refractivity contribution in [3.05, 3.63) is 53.1 Å². The first-order valence-corrected chi connectivity index (χ1v) is 10.4. The fraction of sp³-hybridized carbons (Fsp3) is 0.278. The summed E-state index contributed by atoms with van der Waals surface area (Å²) in [5.41, 5.74) is -0.110. The molecule has 10 heteroatoms. The summed E-state index contributed by atoms with van der Waals surface area (Å²) in [4.78, 5) is 12.7. The summed E-state index contributed by atoms with van der Waals surface area (Å²) in [7, 11) is -2.49. The Morgan fingerprint density at radius 3 is 2.43 bits per heavy atom. The first-order valence-electron chi connectivity index (χ1n) is 8.17. The Morgan fingerprint density at radius 2 is 1.93 bits per heavy atom. The summed E-state index contributed by atoms with van der Waals surface area (Å²) in [5.74, 6) is -2.20. The van der Waals surface area contributed by atoms with Gasteiger partial charge in [0, 0.05) is 6.07 Å². The molecule has 0 bridgehead atoms. The Hall–Kier alpha value is -2.39. The van der Waals surface area contributed by atoms with Gasteiger partial charge in [-0.05, 0) is 36.8 Å². The fourth-order valence-corrected chi connectivity index (χ4v) is 4.12. The van der Waals surface area contributed by atoms with E-state index in [0.717, 1.165) is 22.7 Å². The maximum atomic E-state index is 13.9. The number of anilines is 2. The quantitative estimate of drug-likeness (QED) is 0.721. The fourth-order valence-electron chi connectivity index (χ4n) is 2.66. The van der Waals surface area contributed by atoms with Crippen LogP contribution in [-0.4, -0.2) is 33.7 Å². The van der Waals surface area contributed by atoms with Crippen molar-refractivity contribution in [3.8, 4) is 5.75 Å². The second-order valence-electron chi connectivity index (χ2n) is 5.92. The molecule has 0 saturated heterocycles. The number of benzene rings is 2. The average Bonchev–Trinajstić information content (AvgIpc) is 2.60. The predicted octanol–water partition coefficient (Wildman–Crippen LogP) is 3.81. The van der Waals surface area contributed by atoms with E-state index in [-0.39, 0.29) is 22.8 Å². The first kappa shape index (κ1) is 21.9. The summed E-state index contributed by atoms with van der Waals surface area (Å²) in [6.45, 7) is 1.61. The summed E-state index contributed by atoms with van der Waals surface area (Å²) >= 11 is 6.08. The lowest BCUT2D eigenvalue weighted by Crippen LogP contribution is -2.47. The summed E-state index contributed by atoms with van der Waals surface area (Å²) in [6, 6.07) is 5.75. The monoisotopic (exact) mass is 432 g/mol. The van der Waals surface area contributed by atoms with E-state index in [1.54, 1.807) is 6.92 Å². The molecule has 0 spiro atoms. The van der Waals surface area contributed by atoms with Crippen LogP contribution in [-0.2, 0) is 14.8 Å². The van der Waals surface area contributed by atoms with Gasteiger partial charge in [0.15, 0.2) is 0 Å². The number of carbonyl (C=O) groups is 1. The smallest absolute Gasteiger partial charge is 0.248 e. The van der Waals surface area contributed by atoms with Gasteiger partial charge in [0.25, 0.3) is 0 Å². The minimum Gasteiger partial charge on any atom is -0.495 e. The number of sulfonamides is 1. The molecule has 0 radical (unpaired) electrons. The SMILES string of the molecule is CC[C@H](C(=O)Nc1ccc(F)cc1F)N(c1ccc(OC)c(Cl)c1)S(C)(=O)=O. The molecule has 1 N–H and O–H groups in total. The minimum absolute atomic E-state index is 0.0887. The Morgan fingerprint density at radius 1 is 1.25 bits per heavy atom. The second kappa shape index (κ2) is 8.74. The van der Waals surface area contributed by atoms with Crippen LogP contribution in [0.3, 0.4) is 0 Å². The number of halogens is 3. The second-order valence-corrected chi connectivity index (χ2v) is 8.18. The molecule has 2 aromatic carbocycles. The third kappa shape index (κ3) is 4.90. The van der Waals surface area contributed by atoms with Gasteiger partial charge < -0.3 is 10.1 Å². The highest BCUT2D eigenvalue weighted by molar-refractivity contribution is 7.92. The van der Waals surface area contributed by atoms with Crippen molar-refractivity contribution >= 4 is 38.9 Å². The molecule has 1 atom stereocenters. The van der Waals surface area contributed by atoms with Crippen LogP contribution in [0.15, 0.2) is 36.4 Å². The Labute approximate surface area is 167 Å². The summed E-state index contributed by atoms with van der Waals surface area (Å²) in [6.07, 6.45) is 1.03. The first-order chi connectivity index (χ1) is 13.1. The zero-order valence-corrected chi connectivity index (χ0v) is 16.9. The van der Waals surface area contributed by atoms with Crippen LogP contribution in [0, 0.1) is 11.6 Å². The standard InChI is InChI=1S/C18H19ClF2N2O4S/c1-4-16(18(24)22-15-7-5-11(20)9-14(15)21)23(28(3,25)26)12-6-8-17(27-2)13(19)10-12/h5-10,16H,4H2,1-3H3,(H,22,24)/t16-/m1/s1. The highest BCUT2D eigenvalue weighted by atomic mass is 35.5. The molecule has 152 valence electrons. The average molecular weight is 433 g/mol. The van der Waals surface area contributed by atoms with E-state index in [2.05, 4.69) is 5.32 Å². The van der Waals surface area contributed by atoms with Crippen molar-refractivity contribution in [1.29, 1.82) is 0 Å². The molecule has 0 saturated carbocycles. The maximum Gasteiger partial charge on any atom is 0.248 e. The number of nitrogens with zero attached hydrogens (tertiary/aromatic N) is 1. The van der Waals surface area contributed by atoms with Gasteiger partial charge in [0.05, 0.1) is 29.8 Å². The van der Waals surface area contributed by atoms with Gasteiger partial charge in [0.1, 0.15) is 23.4 Å². The number of carbonyl (C=O) groups excluding carboxylic acids is 1. The zero-order valence-electron chi connectivity index (χ0n) is 15.4. The van der Waals surface area contributed by atoms with Crippen LogP contribution in [0.4, 0.5) is 20.2 Å². The molecular weight excluding hydrogens is 414 g/mol. The van der Waals surface area contributed by atoms with Crippen molar-refractivity contribution in [2.24, 2.45) is 0 Å². The number of rotatable bonds is 7. The molecule has 0 aliphatic rings. The van der Waals surface area contributed by atoms with E-state index >= 15 is 0 Å². The Balaban J connectivity index is 2.42.